The van der Waals surface area contributed by atoms with Gasteiger partial charge in [-0.3, -0.25) is 5.41 Å². The Morgan fingerprint density at radius 3 is 2.56 bits per heavy atom. The highest BCUT2D eigenvalue weighted by Gasteiger charge is 2.33. The smallest absolute Gasteiger partial charge is 0.404 e. The van der Waals surface area contributed by atoms with Crippen LogP contribution < -0.4 is 9.64 Å². The number of hydrogen-bond acceptors (Lipinski definition) is 2. The van der Waals surface area contributed by atoms with E-state index in [1.807, 2.05) is 0 Å². The minimum absolute atomic E-state index is 0.253. The van der Waals surface area contributed by atoms with Gasteiger partial charge in [-0.1, -0.05) is 12.1 Å². The van der Waals surface area contributed by atoms with Gasteiger partial charge in [0.05, 0.1) is 5.69 Å². The molecule has 98 valence electrons. The predicted octanol–water partition coefficient (Wildman–Crippen LogP) is 3.55. The largest absolute Gasteiger partial charge is 0.573 e. The van der Waals surface area contributed by atoms with Crippen LogP contribution in [0.2, 0.25) is 0 Å². The Morgan fingerprint density at radius 2 is 1.89 bits per heavy atom. The van der Waals surface area contributed by atoms with E-state index in [1.165, 1.54) is 12.1 Å². The highest BCUT2D eigenvalue weighted by molar-refractivity contribution is 5.97. The van der Waals surface area contributed by atoms with Gasteiger partial charge in [0.25, 0.3) is 0 Å². The molecule has 1 saturated heterocycles. The molecule has 0 aliphatic carbocycles. The number of alkyl halides is 3. The normalized spacial score (nSPS) is 16.8. The van der Waals surface area contributed by atoms with E-state index < -0.39 is 6.36 Å². The molecule has 0 spiro atoms. The minimum atomic E-state index is -4.71. The van der Waals surface area contributed by atoms with E-state index in [-0.39, 0.29) is 5.75 Å². The molecule has 0 saturated carbocycles. The van der Waals surface area contributed by atoms with Crippen LogP contribution in [0.1, 0.15) is 19.3 Å². The molecule has 1 aromatic rings. The highest BCUT2D eigenvalue weighted by atomic mass is 19.4. The third kappa shape index (κ3) is 2.94. The van der Waals surface area contributed by atoms with E-state index in [9.17, 15) is 13.2 Å². The summed E-state index contributed by atoms with van der Waals surface area (Å²) in [6, 6.07) is 5.93. The van der Waals surface area contributed by atoms with Crippen molar-refractivity contribution in [3.8, 4) is 5.75 Å². The van der Waals surface area contributed by atoms with Crippen molar-refractivity contribution in [3.05, 3.63) is 24.3 Å². The first kappa shape index (κ1) is 12.7. The monoisotopic (exact) mass is 258 g/mol. The zero-order valence-corrected chi connectivity index (χ0v) is 9.63. The standard InChI is InChI=1S/C12H13F3N2O/c13-12(14,15)18-10-6-2-1-5-9(10)17-8-4-3-7-11(17)16/h1-2,5-6,16H,3-4,7-8H2. The van der Waals surface area contributed by atoms with E-state index in [0.717, 1.165) is 12.8 Å². The molecular weight excluding hydrogens is 245 g/mol. The average molecular weight is 258 g/mol. The lowest BCUT2D eigenvalue weighted by atomic mass is 10.1. The summed E-state index contributed by atoms with van der Waals surface area (Å²) in [6.45, 7) is 0.553. The van der Waals surface area contributed by atoms with Crippen LogP contribution in [-0.2, 0) is 0 Å². The van der Waals surface area contributed by atoms with E-state index >= 15 is 0 Å². The third-order valence-electron chi connectivity index (χ3n) is 2.75. The number of para-hydroxylation sites is 2. The number of nitrogens with one attached hydrogen (secondary N) is 1. The van der Waals surface area contributed by atoms with Crippen LogP contribution in [0.5, 0.6) is 5.75 Å². The Hall–Kier alpha value is -1.72. The molecule has 1 aliphatic heterocycles. The van der Waals surface area contributed by atoms with Crippen molar-refractivity contribution in [2.75, 3.05) is 11.4 Å². The quantitative estimate of drug-likeness (QED) is 0.880. The first-order valence-corrected chi connectivity index (χ1v) is 5.67. The molecule has 0 radical (unpaired) electrons. The lowest BCUT2D eigenvalue weighted by molar-refractivity contribution is -0.274. The van der Waals surface area contributed by atoms with Crippen molar-refractivity contribution in [1.29, 1.82) is 5.41 Å². The SMILES string of the molecule is N=C1CCCCN1c1ccccc1OC(F)(F)F. The van der Waals surface area contributed by atoms with Crippen LogP contribution in [-0.4, -0.2) is 18.7 Å². The number of rotatable bonds is 2. The molecule has 2 rings (SSSR count). The van der Waals surface area contributed by atoms with Crippen LogP contribution in [0.3, 0.4) is 0 Å². The zero-order chi connectivity index (χ0) is 13.2. The number of piperidine rings is 1. The van der Waals surface area contributed by atoms with Gasteiger partial charge in [-0.15, -0.1) is 13.2 Å². The van der Waals surface area contributed by atoms with Crippen LogP contribution in [0.15, 0.2) is 24.3 Å². The van der Waals surface area contributed by atoms with Gasteiger partial charge >= 0.3 is 6.36 Å². The first-order valence-electron chi connectivity index (χ1n) is 5.67. The summed E-state index contributed by atoms with van der Waals surface area (Å²) < 4.78 is 40.9. The van der Waals surface area contributed by atoms with E-state index in [4.69, 9.17) is 5.41 Å². The number of halogens is 3. The molecule has 1 N–H and O–H groups in total. The van der Waals surface area contributed by atoms with Crippen LogP contribution >= 0.6 is 0 Å². The fourth-order valence-electron chi connectivity index (χ4n) is 1.99. The Morgan fingerprint density at radius 1 is 1.17 bits per heavy atom. The van der Waals surface area contributed by atoms with E-state index in [1.54, 1.807) is 17.0 Å². The van der Waals surface area contributed by atoms with Gasteiger partial charge in [0.15, 0.2) is 5.75 Å². The first-order chi connectivity index (χ1) is 8.47. The molecule has 0 amide bonds. The Balaban J connectivity index is 2.29. The second kappa shape index (κ2) is 4.88. The van der Waals surface area contributed by atoms with Crippen molar-refractivity contribution in [3.63, 3.8) is 0 Å². The molecule has 1 heterocycles. The Bertz CT molecular complexity index is 445. The van der Waals surface area contributed by atoms with Crippen molar-refractivity contribution in [2.24, 2.45) is 0 Å². The number of nitrogens with zero attached hydrogens (tertiary/aromatic N) is 1. The highest BCUT2D eigenvalue weighted by Crippen LogP contribution is 2.34. The second-order valence-electron chi connectivity index (χ2n) is 4.07. The number of benzene rings is 1. The molecule has 18 heavy (non-hydrogen) atoms. The van der Waals surface area contributed by atoms with Crippen LogP contribution in [0.25, 0.3) is 0 Å². The van der Waals surface area contributed by atoms with Crippen LogP contribution in [0.4, 0.5) is 18.9 Å². The second-order valence-corrected chi connectivity index (χ2v) is 4.07. The third-order valence-corrected chi connectivity index (χ3v) is 2.75. The van der Waals surface area contributed by atoms with Gasteiger partial charge in [0.2, 0.25) is 0 Å². The molecule has 1 fully saturated rings. The zero-order valence-electron chi connectivity index (χ0n) is 9.63. The Kier molecular flexibility index (Phi) is 3.45. The van der Waals surface area contributed by atoms with Gasteiger partial charge in [0, 0.05) is 13.0 Å². The van der Waals surface area contributed by atoms with Gasteiger partial charge in [-0.2, -0.15) is 0 Å². The summed E-state index contributed by atoms with van der Waals surface area (Å²) in [4.78, 5) is 1.57. The maximum Gasteiger partial charge on any atom is 0.573 e. The molecule has 1 aliphatic rings. The summed E-state index contributed by atoms with van der Waals surface area (Å²) in [6.07, 6.45) is -2.37. The summed E-state index contributed by atoms with van der Waals surface area (Å²) in [5, 5.41) is 7.80. The number of hydrogen-bond donors (Lipinski definition) is 1. The molecule has 0 atom stereocenters. The van der Waals surface area contributed by atoms with Gasteiger partial charge < -0.3 is 9.64 Å². The van der Waals surface area contributed by atoms with Crippen molar-refractivity contribution in [1.82, 2.24) is 0 Å². The van der Waals surface area contributed by atoms with Crippen molar-refractivity contribution >= 4 is 11.5 Å². The average Bonchev–Trinajstić information content (AvgIpc) is 2.29. The van der Waals surface area contributed by atoms with E-state index in [2.05, 4.69) is 4.74 Å². The lowest BCUT2D eigenvalue weighted by Gasteiger charge is -2.30. The maximum absolute atomic E-state index is 12.3. The summed E-state index contributed by atoms with van der Waals surface area (Å²) in [5.41, 5.74) is 0.305. The maximum atomic E-state index is 12.3. The van der Waals surface area contributed by atoms with Gasteiger partial charge in [0.1, 0.15) is 5.84 Å². The van der Waals surface area contributed by atoms with E-state index in [0.29, 0.717) is 24.5 Å². The molecule has 3 nitrogen and oxygen atoms in total. The number of amidine groups is 1. The van der Waals surface area contributed by atoms with Crippen molar-refractivity contribution in [2.45, 2.75) is 25.6 Å². The molecule has 6 heteroatoms. The molecular formula is C12H13F3N2O. The summed E-state index contributed by atoms with van der Waals surface area (Å²) in [7, 11) is 0. The molecule has 0 aromatic heterocycles. The van der Waals surface area contributed by atoms with Gasteiger partial charge in [-0.25, -0.2) is 0 Å². The summed E-state index contributed by atoms with van der Waals surface area (Å²) in [5.74, 6) is 0.0797. The molecule has 0 bridgehead atoms. The minimum Gasteiger partial charge on any atom is -0.404 e. The fraction of sp³-hybridized carbons (Fsp3) is 0.417. The van der Waals surface area contributed by atoms with Gasteiger partial charge in [-0.05, 0) is 25.0 Å². The summed E-state index contributed by atoms with van der Waals surface area (Å²) >= 11 is 0. The van der Waals surface area contributed by atoms with Crippen LogP contribution in [0, 0.1) is 5.41 Å². The van der Waals surface area contributed by atoms with Crippen molar-refractivity contribution < 1.29 is 17.9 Å². The predicted molar refractivity (Wildman–Crippen MR) is 62.0 cm³/mol. The number of ether oxygens (including phenoxy) is 1. The lowest BCUT2D eigenvalue weighted by Crippen LogP contribution is -2.35. The number of anilines is 1. The molecule has 1 aromatic carbocycles. The fourth-order valence-corrected chi connectivity index (χ4v) is 1.99. The Labute approximate surface area is 103 Å². The topological polar surface area (TPSA) is 36.3 Å². The molecule has 0 unspecified atom stereocenters.